The number of hydrogen-bond acceptors (Lipinski definition) is 10. The summed E-state index contributed by atoms with van der Waals surface area (Å²) in [5.41, 5.74) is 17.0. The molecule has 0 amide bonds. The maximum atomic E-state index is 4.84. The molecule has 0 fully saturated rings. The van der Waals surface area contributed by atoms with E-state index in [1.54, 1.807) is 21.6 Å². The van der Waals surface area contributed by atoms with E-state index in [2.05, 4.69) is 130 Å². The van der Waals surface area contributed by atoms with Gasteiger partial charge < -0.3 is 0 Å². The molecule has 0 aliphatic carbocycles. The van der Waals surface area contributed by atoms with Crippen LogP contribution in [0.1, 0.15) is 22.5 Å². The summed E-state index contributed by atoms with van der Waals surface area (Å²) in [7, 11) is 3.36. The van der Waals surface area contributed by atoms with Gasteiger partial charge in [0.1, 0.15) is 0 Å². The Morgan fingerprint density at radius 1 is 0.460 bits per heavy atom. The first-order valence-electron chi connectivity index (χ1n) is 16.2. The molecular weight excluding hydrogens is 661 g/mol. The number of rotatable bonds is 7. The smallest absolute Gasteiger partial charge is 0.251 e. The van der Waals surface area contributed by atoms with Gasteiger partial charge in [0.05, 0.1) is 35.2 Å². The Hall–Kier alpha value is -5.98. The van der Waals surface area contributed by atoms with Crippen LogP contribution in [0.25, 0.3) is 45.8 Å². The molecule has 10 nitrogen and oxygen atoms in total. The van der Waals surface area contributed by atoms with Gasteiger partial charge in [-0.2, -0.15) is 19.6 Å². The van der Waals surface area contributed by atoms with Crippen LogP contribution in [0, 0.1) is 0 Å². The molecule has 6 aromatic rings. The quantitative estimate of drug-likeness (QED) is 0.171. The summed E-state index contributed by atoms with van der Waals surface area (Å²) in [6.07, 6.45) is 8.28. The number of aromatic nitrogens is 4. The average Bonchev–Trinajstić information content (AvgIpc) is 3.99. The Bertz CT molecular complexity index is 2180. The Labute approximate surface area is 295 Å². The second-order valence-corrected chi connectivity index (χ2v) is 14.4. The van der Waals surface area contributed by atoms with Gasteiger partial charge in [0, 0.05) is 11.1 Å². The molecule has 4 aliphatic heterocycles. The Balaban J connectivity index is 0.974. The molecule has 6 heterocycles. The van der Waals surface area contributed by atoms with E-state index in [1.165, 1.54) is 0 Å². The van der Waals surface area contributed by atoms with Gasteiger partial charge >= 0.3 is 0 Å². The zero-order valence-electron chi connectivity index (χ0n) is 26.4. The van der Waals surface area contributed by atoms with Crippen LogP contribution < -0.4 is 10.9 Å². The van der Waals surface area contributed by atoms with Gasteiger partial charge in [0.2, 0.25) is 0 Å². The predicted molar refractivity (Wildman–Crippen MR) is 202 cm³/mol. The monoisotopic (exact) mass is 688 g/mol. The zero-order chi connectivity index (χ0) is 33.0. The third-order valence-electron chi connectivity index (χ3n) is 9.05. The van der Waals surface area contributed by atoms with Crippen molar-refractivity contribution >= 4 is 57.1 Å². The third kappa shape index (κ3) is 4.67. The van der Waals surface area contributed by atoms with Crippen LogP contribution in [0.15, 0.2) is 144 Å². The number of nitrogens with one attached hydrogen (secondary N) is 2. The van der Waals surface area contributed by atoms with Crippen molar-refractivity contribution in [3.8, 4) is 22.3 Å². The molecule has 0 spiro atoms. The second kappa shape index (κ2) is 11.9. The molecule has 242 valence electrons. The molecule has 4 aliphatic rings. The topological polar surface area (TPSA) is 90.9 Å². The van der Waals surface area contributed by atoms with Gasteiger partial charge in [-0.1, -0.05) is 121 Å². The molecule has 4 aromatic carbocycles. The summed E-state index contributed by atoms with van der Waals surface area (Å²) < 4.78 is 3.85. The Kier molecular flexibility index (Phi) is 6.88. The highest BCUT2D eigenvalue weighted by Crippen LogP contribution is 2.45. The Morgan fingerprint density at radius 2 is 0.820 bits per heavy atom. The molecule has 0 saturated heterocycles. The molecule has 10 rings (SSSR count). The number of benzene rings is 4. The first kappa shape index (κ1) is 29.0. The van der Waals surface area contributed by atoms with E-state index in [-0.39, 0.29) is 11.0 Å². The number of hydrogen-bond donors (Lipinski definition) is 2. The van der Waals surface area contributed by atoms with Gasteiger partial charge in [-0.05, 0) is 56.0 Å². The summed E-state index contributed by atoms with van der Waals surface area (Å²) in [4.78, 5) is 4.45. The molecule has 0 bridgehead atoms. The molecule has 2 N–H and O–H groups in total. The predicted octanol–water partition coefficient (Wildman–Crippen LogP) is 7.13. The number of nitrogens with zero attached hydrogens (tertiary/aromatic N) is 8. The van der Waals surface area contributed by atoms with Crippen molar-refractivity contribution in [2.75, 3.05) is 0 Å². The zero-order valence-corrected chi connectivity index (χ0v) is 28.0. The van der Waals surface area contributed by atoms with E-state index in [0.29, 0.717) is 0 Å². The molecule has 0 saturated carbocycles. The van der Waals surface area contributed by atoms with Crippen molar-refractivity contribution in [2.24, 2.45) is 10.2 Å². The second-order valence-electron chi connectivity index (χ2n) is 12.0. The van der Waals surface area contributed by atoms with Gasteiger partial charge in [-0.25, -0.2) is 0 Å². The van der Waals surface area contributed by atoms with Gasteiger partial charge in [0.25, 0.3) is 11.9 Å². The lowest BCUT2D eigenvalue weighted by molar-refractivity contribution is 0.506. The van der Waals surface area contributed by atoms with Crippen LogP contribution in [-0.2, 0) is 0 Å². The molecule has 2 atom stereocenters. The molecule has 0 radical (unpaired) electrons. The summed E-state index contributed by atoms with van der Waals surface area (Å²) in [6, 6.07) is 41.6. The largest absolute Gasteiger partial charge is 0.276 e. The third-order valence-corrected chi connectivity index (χ3v) is 11.6. The van der Waals surface area contributed by atoms with E-state index < -0.39 is 0 Å². The minimum Gasteiger partial charge on any atom is -0.276 e. The van der Waals surface area contributed by atoms with Crippen molar-refractivity contribution in [1.29, 1.82) is 0 Å². The molecule has 2 unspecified atom stereocenters. The van der Waals surface area contributed by atoms with Crippen LogP contribution in [0.4, 0.5) is 0 Å². The van der Waals surface area contributed by atoms with Crippen molar-refractivity contribution in [1.82, 2.24) is 40.2 Å². The first-order chi connectivity index (χ1) is 24.8. The summed E-state index contributed by atoms with van der Waals surface area (Å²) in [5, 5.41) is 19.3. The standard InChI is InChI=1S/C38H28N10S2/c1-5-13-25(14-6-1)29-23-39-47-33(29)21-31(27-17-9-3-10-18-27)45-35(47)41-43-37(45)49-50-38-44-42-36-46(38)32(28-19-11-4-12-20-28)22-34-30(24-40-48(34)36)26-15-7-2-8-16-26/h1-24,37-38,43-44H. The van der Waals surface area contributed by atoms with Gasteiger partial charge in [-0.3, -0.25) is 20.7 Å². The first-order valence-corrected chi connectivity index (χ1v) is 18.5. The minimum atomic E-state index is -0.219. The minimum absolute atomic E-state index is 0.219. The normalized spacial score (nSPS) is 18.5. The average molecular weight is 689 g/mol. The highest BCUT2D eigenvalue weighted by molar-refractivity contribution is 8.77. The molecule has 2 aromatic heterocycles. The summed E-state index contributed by atoms with van der Waals surface area (Å²) in [6.45, 7) is 0. The number of hydrazone groups is 2. The van der Waals surface area contributed by atoms with Gasteiger partial charge in [-0.15, -0.1) is 10.2 Å². The summed E-state index contributed by atoms with van der Waals surface area (Å²) >= 11 is 0. The van der Waals surface area contributed by atoms with Crippen LogP contribution in [-0.4, -0.2) is 52.3 Å². The van der Waals surface area contributed by atoms with Crippen LogP contribution in [0.3, 0.4) is 0 Å². The lowest BCUT2D eigenvalue weighted by atomic mass is 10.0. The maximum absolute atomic E-state index is 4.84. The van der Waals surface area contributed by atoms with Crippen molar-refractivity contribution in [3.05, 3.63) is 156 Å². The lowest BCUT2D eigenvalue weighted by Crippen LogP contribution is -2.43. The molecule has 50 heavy (non-hydrogen) atoms. The fourth-order valence-electron chi connectivity index (χ4n) is 6.71. The number of fused-ring (bicyclic) bond motifs is 6. The van der Waals surface area contributed by atoms with Gasteiger partial charge in [0.15, 0.2) is 11.0 Å². The van der Waals surface area contributed by atoms with Crippen LogP contribution >= 0.6 is 21.6 Å². The highest BCUT2D eigenvalue weighted by Gasteiger charge is 2.42. The van der Waals surface area contributed by atoms with E-state index in [0.717, 1.165) is 68.1 Å². The maximum Gasteiger partial charge on any atom is 0.251 e. The van der Waals surface area contributed by atoms with Crippen molar-refractivity contribution in [2.45, 2.75) is 11.0 Å². The highest BCUT2D eigenvalue weighted by atomic mass is 33.1. The SMILES string of the molecule is C1=C(c2ccccc2)N2C(=NNC2SSC2NN=C3N2C(c2ccccc2)=Cc2c(-c4ccccc4)cnn23)n2ncc(-c3ccccc3)c21. The van der Waals surface area contributed by atoms with E-state index in [1.807, 2.05) is 46.0 Å². The lowest BCUT2D eigenvalue weighted by Gasteiger charge is -2.34. The Morgan fingerprint density at radius 3 is 1.20 bits per heavy atom. The molecule has 12 heteroatoms. The fourth-order valence-corrected chi connectivity index (χ4v) is 9.11. The fraction of sp³-hybridized carbons (Fsp3) is 0.0526. The van der Waals surface area contributed by atoms with Crippen molar-refractivity contribution < 1.29 is 0 Å². The van der Waals surface area contributed by atoms with Crippen molar-refractivity contribution in [3.63, 3.8) is 0 Å². The van der Waals surface area contributed by atoms with E-state index in [4.69, 9.17) is 20.4 Å². The van der Waals surface area contributed by atoms with Crippen LogP contribution in [0.2, 0.25) is 0 Å². The van der Waals surface area contributed by atoms with E-state index >= 15 is 0 Å². The van der Waals surface area contributed by atoms with E-state index in [9.17, 15) is 0 Å². The molecular formula is C38H28N10S2. The summed E-state index contributed by atoms with van der Waals surface area (Å²) in [5.74, 6) is 1.46. The van der Waals surface area contributed by atoms with Crippen LogP contribution in [0.5, 0.6) is 0 Å².